The fraction of sp³-hybridized carbons (Fsp3) is 0.647. The maximum atomic E-state index is 2.23. The highest BCUT2D eigenvalue weighted by Crippen LogP contribution is 2.06. The van der Waals surface area contributed by atoms with Gasteiger partial charge in [0.05, 0.1) is 0 Å². The van der Waals surface area contributed by atoms with Crippen molar-refractivity contribution in [3.63, 3.8) is 0 Å². The zero-order chi connectivity index (χ0) is 13.5. The summed E-state index contributed by atoms with van der Waals surface area (Å²) >= 11 is 0. The van der Waals surface area contributed by atoms with E-state index in [1.165, 1.54) is 43.2 Å². The minimum atomic E-state index is 1.23. The zero-order valence-corrected chi connectivity index (χ0v) is 12.8. The Morgan fingerprint density at radius 1 is 0.765 bits per heavy atom. The predicted molar refractivity (Wildman–Crippen MR) is 81.7 cm³/mol. The van der Waals surface area contributed by atoms with Gasteiger partial charge in [-0.2, -0.15) is 0 Å². The number of rotatable bonds is 3. The summed E-state index contributed by atoms with van der Waals surface area (Å²) in [6.45, 7) is 12.9. The quantitative estimate of drug-likeness (QED) is 0.588. The summed E-state index contributed by atoms with van der Waals surface area (Å²) in [5.41, 5.74) is 2.82. The van der Waals surface area contributed by atoms with Crippen molar-refractivity contribution < 1.29 is 0 Å². The van der Waals surface area contributed by atoms with Gasteiger partial charge in [0.25, 0.3) is 0 Å². The Morgan fingerprint density at radius 2 is 1.18 bits per heavy atom. The van der Waals surface area contributed by atoms with Crippen LogP contribution in [0, 0.1) is 6.92 Å². The molecule has 1 aromatic rings. The average molecular weight is 236 g/mol. The molecule has 1 rings (SSSR count). The van der Waals surface area contributed by atoms with Crippen LogP contribution < -0.4 is 0 Å². The molecule has 0 aliphatic heterocycles. The van der Waals surface area contributed by atoms with Crippen molar-refractivity contribution in [1.82, 2.24) is 0 Å². The molecule has 17 heavy (non-hydrogen) atoms. The van der Waals surface area contributed by atoms with Crippen molar-refractivity contribution in [2.45, 2.75) is 73.6 Å². The average Bonchev–Trinajstić information content (AvgIpc) is 2.30. The van der Waals surface area contributed by atoms with Crippen LogP contribution in [0.3, 0.4) is 0 Å². The highest BCUT2D eigenvalue weighted by molar-refractivity contribution is 5.21. The van der Waals surface area contributed by atoms with Crippen molar-refractivity contribution in [3.8, 4) is 0 Å². The smallest absolute Gasteiger partial charge is 0.0279 e. The largest absolute Gasteiger partial charge is 0.0656 e. The van der Waals surface area contributed by atoms with Crippen LogP contribution in [0.4, 0.5) is 0 Å². The maximum absolute atomic E-state index is 2.23. The fourth-order valence-electron chi connectivity index (χ4n) is 1.14. The second-order valence-corrected chi connectivity index (χ2v) is 4.50. The molecule has 1 aromatic carbocycles. The van der Waals surface area contributed by atoms with Crippen LogP contribution >= 0.6 is 0 Å². The molecule has 0 unspecified atom stereocenters. The third-order valence-electron chi connectivity index (χ3n) is 1.94. The van der Waals surface area contributed by atoms with Crippen molar-refractivity contribution in [2.75, 3.05) is 0 Å². The molecular formula is C17H32. The SMILES string of the molecule is CCC.CCC.CCCCc1ccc(C)cc1. The molecule has 0 aliphatic rings. The first-order valence-electron chi connectivity index (χ1n) is 7.21. The standard InChI is InChI=1S/C11H16.2C3H8/c1-3-4-5-11-8-6-10(2)7-9-11;2*1-3-2/h6-9H,3-5H2,1-2H3;2*3H2,1-2H3. The summed E-state index contributed by atoms with van der Waals surface area (Å²) < 4.78 is 0. The number of hydrogen-bond acceptors (Lipinski definition) is 0. The van der Waals surface area contributed by atoms with Crippen molar-refractivity contribution in [3.05, 3.63) is 35.4 Å². The minimum Gasteiger partial charge on any atom is -0.0656 e. The molecule has 0 nitrogen and oxygen atoms in total. The normalized spacial score (nSPS) is 8.59. The molecule has 0 amide bonds. The Kier molecular flexibility index (Phi) is 16.6. The number of hydrogen-bond donors (Lipinski definition) is 0. The van der Waals surface area contributed by atoms with E-state index in [9.17, 15) is 0 Å². The minimum absolute atomic E-state index is 1.23. The van der Waals surface area contributed by atoms with Crippen molar-refractivity contribution in [2.24, 2.45) is 0 Å². The Morgan fingerprint density at radius 3 is 1.53 bits per heavy atom. The van der Waals surface area contributed by atoms with E-state index in [4.69, 9.17) is 0 Å². The molecule has 0 heterocycles. The second kappa shape index (κ2) is 15.2. The Hall–Kier alpha value is -0.780. The fourth-order valence-corrected chi connectivity index (χ4v) is 1.14. The van der Waals surface area contributed by atoms with Crippen LogP contribution in [0.15, 0.2) is 24.3 Å². The lowest BCUT2D eigenvalue weighted by Gasteiger charge is -1.99. The van der Waals surface area contributed by atoms with E-state index in [1.54, 1.807) is 0 Å². The predicted octanol–water partition coefficient (Wildman–Crippen LogP) is 6.17. The monoisotopic (exact) mass is 236 g/mol. The lowest BCUT2D eigenvalue weighted by molar-refractivity contribution is 0.795. The van der Waals surface area contributed by atoms with E-state index >= 15 is 0 Å². The van der Waals surface area contributed by atoms with Crippen molar-refractivity contribution >= 4 is 0 Å². The molecular weight excluding hydrogens is 204 g/mol. The summed E-state index contributed by atoms with van der Waals surface area (Å²) in [5, 5.41) is 0. The lowest BCUT2D eigenvalue weighted by atomic mass is 10.1. The van der Waals surface area contributed by atoms with E-state index in [0.29, 0.717) is 0 Å². The van der Waals surface area contributed by atoms with Gasteiger partial charge in [0, 0.05) is 0 Å². The van der Waals surface area contributed by atoms with E-state index in [-0.39, 0.29) is 0 Å². The molecule has 0 heteroatoms. The molecule has 100 valence electrons. The first-order valence-corrected chi connectivity index (χ1v) is 7.21. The summed E-state index contributed by atoms with van der Waals surface area (Å²) in [6, 6.07) is 8.83. The molecule has 0 fully saturated rings. The molecule has 0 spiro atoms. The van der Waals surface area contributed by atoms with Crippen molar-refractivity contribution in [1.29, 1.82) is 0 Å². The van der Waals surface area contributed by atoms with Crippen LogP contribution in [0.2, 0.25) is 0 Å². The third kappa shape index (κ3) is 15.2. The molecule has 0 aliphatic carbocycles. The Labute approximate surface area is 109 Å². The highest BCUT2D eigenvalue weighted by atomic mass is 14.0. The van der Waals surface area contributed by atoms with E-state index < -0.39 is 0 Å². The maximum Gasteiger partial charge on any atom is -0.0279 e. The van der Waals surface area contributed by atoms with Crippen LogP contribution in [-0.2, 0) is 6.42 Å². The number of aryl methyl sites for hydroxylation is 2. The van der Waals surface area contributed by atoms with Gasteiger partial charge in [-0.1, -0.05) is 83.7 Å². The van der Waals surface area contributed by atoms with Gasteiger partial charge in [-0.05, 0) is 25.3 Å². The highest BCUT2D eigenvalue weighted by Gasteiger charge is 1.90. The third-order valence-corrected chi connectivity index (χ3v) is 1.94. The van der Waals surface area contributed by atoms with E-state index in [1.807, 2.05) is 0 Å². The molecule has 0 N–H and O–H groups in total. The first-order chi connectivity index (χ1) is 8.15. The Bertz CT molecular complexity index is 218. The van der Waals surface area contributed by atoms with Gasteiger partial charge in [-0.3, -0.25) is 0 Å². The summed E-state index contributed by atoms with van der Waals surface area (Å²) in [5.74, 6) is 0. The molecule has 0 saturated carbocycles. The molecule has 0 aromatic heterocycles. The number of benzene rings is 1. The van der Waals surface area contributed by atoms with Gasteiger partial charge in [0.2, 0.25) is 0 Å². The Balaban J connectivity index is 0. The number of unbranched alkanes of at least 4 members (excludes halogenated alkanes) is 1. The molecule has 0 atom stereocenters. The van der Waals surface area contributed by atoms with Gasteiger partial charge in [0.1, 0.15) is 0 Å². The first kappa shape index (κ1) is 18.6. The summed E-state index contributed by atoms with van der Waals surface area (Å²) in [4.78, 5) is 0. The van der Waals surface area contributed by atoms with Crippen LogP contribution in [0.5, 0.6) is 0 Å². The van der Waals surface area contributed by atoms with Crippen LogP contribution in [0.25, 0.3) is 0 Å². The second-order valence-electron chi connectivity index (χ2n) is 4.50. The topological polar surface area (TPSA) is 0 Å². The molecule has 0 saturated heterocycles. The van der Waals surface area contributed by atoms with Gasteiger partial charge in [0.15, 0.2) is 0 Å². The lowest BCUT2D eigenvalue weighted by Crippen LogP contribution is -1.83. The summed E-state index contributed by atoms with van der Waals surface area (Å²) in [7, 11) is 0. The molecule has 0 radical (unpaired) electrons. The van der Waals surface area contributed by atoms with E-state index in [2.05, 4.69) is 65.8 Å². The van der Waals surface area contributed by atoms with Crippen LogP contribution in [-0.4, -0.2) is 0 Å². The molecule has 0 bridgehead atoms. The van der Waals surface area contributed by atoms with Gasteiger partial charge >= 0.3 is 0 Å². The summed E-state index contributed by atoms with van der Waals surface area (Å²) in [6.07, 6.45) is 6.33. The van der Waals surface area contributed by atoms with Gasteiger partial charge < -0.3 is 0 Å². The van der Waals surface area contributed by atoms with Gasteiger partial charge in [-0.25, -0.2) is 0 Å². The van der Waals surface area contributed by atoms with Gasteiger partial charge in [-0.15, -0.1) is 0 Å². The van der Waals surface area contributed by atoms with Crippen LogP contribution in [0.1, 0.15) is 71.4 Å². The van der Waals surface area contributed by atoms with E-state index in [0.717, 1.165) is 0 Å². The zero-order valence-electron chi connectivity index (χ0n) is 12.8.